The summed E-state index contributed by atoms with van der Waals surface area (Å²) in [5, 5.41) is 8.66. The third-order valence-electron chi connectivity index (χ3n) is 3.94. The van der Waals surface area contributed by atoms with Crippen LogP contribution in [0.5, 0.6) is 0 Å². The quantitative estimate of drug-likeness (QED) is 0.794. The third kappa shape index (κ3) is 3.89. The lowest BCUT2D eigenvalue weighted by atomic mass is 10.2. The van der Waals surface area contributed by atoms with Crippen molar-refractivity contribution in [1.29, 1.82) is 5.26 Å². The van der Waals surface area contributed by atoms with Gasteiger partial charge in [-0.1, -0.05) is 13.0 Å². The van der Waals surface area contributed by atoms with Gasteiger partial charge in [-0.2, -0.15) is 9.57 Å². The third-order valence-corrected chi connectivity index (χ3v) is 5.91. The van der Waals surface area contributed by atoms with Crippen LogP contribution in [0.15, 0.2) is 29.2 Å². The standard InChI is InChI=1S/C16H21N3O3S/c1-2-19(12-6-9-17)23(21,22)15-8-5-7-14(13-15)16(20)18-10-3-4-11-18/h5,7-8,13H,2-4,6,10-12H2,1H3. The van der Waals surface area contributed by atoms with Crippen molar-refractivity contribution in [3.8, 4) is 6.07 Å². The molecule has 0 N–H and O–H groups in total. The largest absolute Gasteiger partial charge is 0.339 e. The number of sulfonamides is 1. The van der Waals surface area contributed by atoms with Gasteiger partial charge in [-0.3, -0.25) is 4.79 Å². The van der Waals surface area contributed by atoms with Gasteiger partial charge < -0.3 is 4.90 Å². The fourth-order valence-electron chi connectivity index (χ4n) is 2.66. The second-order valence-electron chi connectivity index (χ2n) is 5.43. The number of rotatable bonds is 6. The minimum atomic E-state index is -3.69. The maximum atomic E-state index is 12.7. The minimum Gasteiger partial charge on any atom is -0.339 e. The summed E-state index contributed by atoms with van der Waals surface area (Å²) in [6, 6.07) is 8.12. The predicted molar refractivity (Wildman–Crippen MR) is 86.2 cm³/mol. The Bertz CT molecular complexity index is 704. The molecule has 1 aromatic rings. The molecule has 0 aromatic heterocycles. The average Bonchev–Trinajstić information content (AvgIpc) is 3.09. The van der Waals surface area contributed by atoms with E-state index in [0.717, 1.165) is 25.9 Å². The average molecular weight is 335 g/mol. The zero-order valence-electron chi connectivity index (χ0n) is 13.2. The highest BCUT2D eigenvalue weighted by Gasteiger charge is 2.25. The molecule has 2 rings (SSSR count). The molecule has 1 saturated heterocycles. The summed E-state index contributed by atoms with van der Waals surface area (Å²) in [6.07, 6.45) is 2.11. The zero-order valence-corrected chi connectivity index (χ0v) is 14.1. The molecular weight excluding hydrogens is 314 g/mol. The lowest BCUT2D eigenvalue weighted by molar-refractivity contribution is 0.0792. The number of carbonyl (C=O) groups excluding carboxylic acids is 1. The molecule has 0 bridgehead atoms. The van der Waals surface area contributed by atoms with Crippen LogP contribution in [0.25, 0.3) is 0 Å². The molecule has 0 radical (unpaired) electrons. The van der Waals surface area contributed by atoms with Gasteiger partial charge in [-0.25, -0.2) is 8.42 Å². The van der Waals surface area contributed by atoms with E-state index >= 15 is 0 Å². The van der Waals surface area contributed by atoms with Crippen LogP contribution in [0.1, 0.15) is 36.5 Å². The Morgan fingerprint density at radius 2 is 2.04 bits per heavy atom. The first-order chi connectivity index (χ1) is 11.0. The van der Waals surface area contributed by atoms with E-state index in [1.54, 1.807) is 24.0 Å². The first kappa shape index (κ1) is 17.4. The van der Waals surface area contributed by atoms with Crippen molar-refractivity contribution in [3.05, 3.63) is 29.8 Å². The number of carbonyl (C=O) groups is 1. The molecule has 0 atom stereocenters. The van der Waals surface area contributed by atoms with Crippen molar-refractivity contribution in [3.63, 3.8) is 0 Å². The van der Waals surface area contributed by atoms with E-state index in [4.69, 9.17) is 5.26 Å². The van der Waals surface area contributed by atoms with Crippen LogP contribution in [0.4, 0.5) is 0 Å². The maximum absolute atomic E-state index is 12.7. The minimum absolute atomic E-state index is 0.0994. The second-order valence-corrected chi connectivity index (χ2v) is 7.37. The van der Waals surface area contributed by atoms with E-state index < -0.39 is 10.0 Å². The molecule has 1 amide bonds. The van der Waals surface area contributed by atoms with E-state index in [1.165, 1.54) is 16.4 Å². The van der Waals surface area contributed by atoms with Gasteiger partial charge >= 0.3 is 0 Å². The second kappa shape index (κ2) is 7.57. The number of amides is 1. The van der Waals surface area contributed by atoms with Gasteiger partial charge in [0.2, 0.25) is 10.0 Å². The summed E-state index contributed by atoms with van der Waals surface area (Å²) in [7, 11) is -3.69. The van der Waals surface area contributed by atoms with Crippen molar-refractivity contribution in [2.24, 2.45) is 0 Å². The highest BCUT2D eigenvalue weighted by Crippen LogP contribution is 2.19. The lowest BCUT2D eigenvalue weighted by Gasteiger charge is -2.20. The summed E-state index contributed by atoms with van der Waals surface area (Å²) in [5.41, 5.74) is 0.393. The van der Waals surface area contributed by atoms with Gasteiger partial charge in [0, 0.05) is 38.2 Å². The molecule has 0 unspecified atom stereocenters. The molecule has 1 aromatic carbocycles. The molecular formula is C16H21N3O3S. The Balaban J connectivity index is 2.27. The smallest absolute Gasteiger partial charge is 0.253 e. The summed E-state index contributed by atoms with van der Waals surface area (Å²) in [5.74, 6) is -0.125. The topological polar surface area (TPSA) is 81.5 Å². The van der Waals surface area contributed by atoms with Gasteiger partial charge in [0.15, 0.2) is 0 Å². The van der Waals surface area contributed by atoms with Gasteiger partial charge in [0.25, 0.3) is 5.91 Å². The van der Waals surface area contributed by atoms with Gasteiger partial charge in [0.1, 0.15) is 0 Å². The molecule has 124 valence electrons. The van der Waals surface area contributed by atoms with E-state index in [2.05, 4.69) is 0 Å². The Hall–Kier alpha value is -1.91. The van der Waals surface area contributed by atoms with Crippen LogP contribution in [-0.4, -0.2) is 49.7 Å². The molecule has 23 heavy (non-hydrogen) atoms. The molecule has 1 aliphatic heterocycles. The Morgan fingerprint density at radius 1 is 1.35 bits per heavy atom. The van der Waals surface area contributed by atoms with Crippen molar-refractivity contribution in [2.75, 3.05) is 26.2 Å². The van der Waals surface area contributed by atoms with Gasteiger partial charge in [-0.15, -0.1) is 0 Å². The fraction of sp³-hybridized carbons (Fsp3) is 0.500. The highest BCUT2D eigenvalue weighted by molar-refractivity contribution is 7.89. The molecule has 7 heteroatoms. The number of likely N-dealkylation sites (tertiary alicyclic amines) is 1. The number of benzene rings is 1. The van der Waals surface area contributed by atoms with E-state index in [1.807, 2.05) is 6.07 Å². The normalized spacial score (nSPS) is 14.9. The Morgan fingerprint density at radius 3 is 2.65 bits per heavy atom. The summed E-state index contributed by atoms with van der Waals surface area (Å²) in [6.45, 7) is 3.61. The predicted octanol–water partition coefficient (Wildman–Crippen LogP) is 1.85. The van der Waals surface area contributed by atoms with Crippen LogP contribution in [-0.2, 0) is 10.0 Å². The first-order valence-electron chi connectivity index (χ1n) is 7.77. The monoisotopic (exact) mass is 335 g/mol. The van der Waals surface area contributed by atoms with E-state index in [-0.39, 0.29) is 30.3 Å². The van der Waals surface area contributed by atoms with Crippen LogP contribution < -0.4 is 0 Å². The number of hydrogen-bond donors (Lipinski definition) is 0. The molecule has 0 aliphatic carbocycles. The van der Waals surface area contributed by atoms with Crippen molar-refractivity contribution in [1.82, 2.24) is 9.21 Å². The number of nitriles is 1. The summed E-state index contributed by atoms with van der Waals surface area (Å²) in [4.78, 5) is 14.3. The van der Waals surface area contributed by atoms with Gasteiger partial charge in [-0.05, 0) is 31.0 Å². The summed E-state index contributed by atoms with van der Waals surface area (Å²) < 4.78 is 26.6. The fourth-order valence-corrected chi connectivity index (χ4v) is 4.16. The number of hydrogen-bond acceptors (Lipinski definition) is 4. The summed E-state index contributed by atoms with van der Waals surface area (Å²) >= 11 is 0. The van der Waals surface area contributed by atoms with Crippen LogP contribution in [0.2, 0.25) is 0 Å². The molecule has 1 fully saturated rings. The molecule has 0 saturated carbocycles. The molecule has 1 heterocycles. The van der Waals surface area contributed by atoms with Crippen molar-refractivity contribution >= 4 is 15.9 Å². The molecule has 6 nitrogen and oxygen atoms in total. The first-order valence-corrected chi connectivity index (χ1v) is 9.21. The van der Waals surface area contributed by atoms with E-state index in [0.29, 0.717) is 5.56 Å². The van der Waals surface area contributed by atoms with Crippen LogP contribution in [0.3, 0.4) is 0 Å². The lowest BCUT2D eigenvalue weighted by Crippen LogP contribution is -2.32. The Labute approximate surface area is 137 Å². The highest BCUT2D eigenvalue weighted by atomic mass is 32.2. The van der Waals surface area contributed by atoms with Crippen molar-refractivity contribution < 1.29 is 13.2 Å². The zero-order chi connectivity index (χ0) is 16.9. The van der Waals surface area contributed by atoms with Crippen molar-refractivity contribution in [2.45, 2.75) is 31.1 Å². The molecule has 0 spiro atoms. The van der Waals surface area contributed by atoms with Gasteiger partial charge in [0.05, 0.1) is 11.0 Å². The maximum Gasteiger partial charge on any atom is 0.253 e. The SMILES string of the molecule is CCN(CCC#N)S(=O)(=O)c1cccc(C(=O)N2CCCC2)c1. The van der Waals surface area contributed by atoms with E-state index in [9.17, 15) is 13.2 Å². The number of nitrogens with zero attached hydrogens (tertiary/aromatic N) is 3. The van der Waals surface area contributed by atoms with Crippen LogP contribution >= 0.6 is 0 Å². The van der Waals surface area contributed by atoms with Crippen LogP contribution in [0, 0.1) is 11.3 Å². The molecule has 1 aliphatic rings. The Kier molecular flexibility index (Phi) is 5.74.